The molecule has 0 bridgehead atoms. The van der Waals surface area contributed by atoms with Gasteiger partial charge in [-0.2, -0.15) is 4.31 Å². The molecule has 0 atom stereocenters. The molecule has 1 amide bonds. The summed E-state index contributed by atoms with van der Waals surface area (Å²) in [6.45, 7) is 5.32. The van der Waals surface area contributed by atoms with Gasteiger partial charge in [0, 0.05) is 20.1 Å². The van der Waals surface area contributed by atoms with Crippen LogP contribution >= 0.6 is 0 Å². The highest BCUT2D eigenvalue weighted by molar-refractivity contribution is 7.89. The van der Waals surface area contributed by atoms with E-state index in [9.17, 15) is 13.2 Å². The highest BCUT2D eigenvalue weighted by Gasteiger charge is 2.21. The van der Waals surface area contributed by atoms with Crippen molar-refractivity contribution in [1.29, 1.82) is 0 Å². The second-order valence-electron chi connectivity index (χ2n) is 4.13. The zero-order chi connectivity index (χ0) is 14.2. The van der Waals surface area contributed by atoms with Crippen molar-refractivity contribution in [2.75, 3.05) is 39.0 Å². The number of carbonyl (C=O) groups excluding carboxylic acids is 1. The third-order valence-electron chi connectivity index (χ3n) is 2.81. The predicted molar refractivity (Wildman–Crippen MR) is 72.6 cm³/mol. The maximum Gasteiger partial charge on any atom is 0.237 e. The summed E-state index contributed by atoms with van der Waals surface area (Å²) in [6.07, 6.45) is 1.21. The number of sulfonamides is 1. The highest BCUT2D eigenvalue weighted by Crippen LogP contribution is 2.03. The van der Waals surface area contributed by atoms with Gasteiger partial charge in [-0.15, -0.1) is 0 Å². The fourth-order valence-electron chi connectivity index (χ4n) is 1.55. The van der Waals surface area contributed by atoms with E-state index in [4.69, 9.17) is 5.73 Å². The molecular formula is C11H25N3O3S. The van der Waals surface area contributed by atoms with Crippen LogP contribution in [-0.4, -0.2) is 62.5 Å². The summed E-state index contributed by atoms with van der Waals surface area (Å²) in [4.78, 5) is 13.4. The van der Waals surface area contributed by atoms with Crippen LogP contribution in [0, 0.1) is 0 Å². The lowest BCUT2D eigenvalue weighted by atomic mass is 10.3. The Morgan fingerprint density at radius 2 is 1.72 bits per heavy atom. The molecule has 0 aromatic carbocycles. The quantitative estimate of drug-likeness (QED) is 0.595. The summed E-state index contributed by atoms with van der Waals surface area (Å²) >= 11 is 0. The number of hydrogen-bond acceptors (Lipinski definition) is 4. The number of rotatable bonds is 9. The lowest BCUT2D eigenvalue weighted by molar-refractivity contribution is -0.130. The molecule has 0 radical (unpaired) electrons. The lowest BCUT2D eigenvalue weighted by Gasteiger charge is -2.22. The van der Waals surface area contributed by atoms with E-state index in [2.05, 4.69) is 0 Å². The van der Waals surface area contributed by atoms with E-state index in [1.54, 1.807) is 4.90 Å². The summed E-state index contributed by atoms with van der Waals surface area (Å²) in [6, 6.07) is 0. The zero-order valence-corrected chi connectivity index (χ0v) is 12.4. The van der Waals surface area contributed by atoms with Crippen molar-refractivity contribution in [3.05, 3.63) is 0 Å². The Hall–Kier alpha value is -0.660. The Bertz CT molecular complexity index is 339. The monoisotopic (exact) mass is 279 g/mol. The van der Waals surface area contributed by atoms with Gasteiger partial charge in [0.1, 0.15) is 0 Å². The molecule has 7 heteroatoms. The van der Waals surface area contributed by atoms with Crippen LogP contribution in [0.2, 0.25) is 0 Å². The van der Waals surface area contributed by atoms with Gasteiger partial charge in [-0.25, -0.2) is 8.42 Å². The van der Waals surface area contributed by atoms with Crippen LogP contribution in [0.25, 0.3) is 0 Å². The molecular weight excluding hydrogens is 254 g/mol. The van der Waals surface area contributed by atoms with Crippen molar-refractivity contribution < 1.29 is 13.2 Å². The molecule has 0 rings (SSSR count). The first-order chi connectivity index (χ1) is 8.38. The third kappa shape index (κ3) is 5.79. The summed E-state index contributed by atoms with van der Waals surface area (Å²) in [5.74, 6) is -0.114. The Balaban J connectivity index is 4.37. The molecule has 0 spiro atoms. The molecule has 0 aliphatic rings. The molecule has 108 valence electrons. The van der Waals surface area contributed by atoms with Crippen LogP contribution in [0.1, 0.15) is 26.7 Å². The van der Waals surface area contributed by atoms with Crippen LogP contribution in [0.4, 0.5) is 0 Å². The molecule has 18 heavy (non-hydrogen) atoms. The lowest BCUT2D eigenvalue weighted by Crippen LogP contribution is -2.41. The maximum absolute atomic E-state index is 11.9. The molecule has 6 nitrogen and oxygen atoms in total. The van der Waals surface area contributed by atoms with E-state index in [1.807, 2.05) is 13.8 Å². The number of nitrogens with zero attached hydrogens (tertiary/aromatic N) is 2. The minimum Gasteiger partial charge on any atom is -0.342 e. The topological polar surface area (TPSA) is 83.7 Å². The van der Waals surface area contributed by atoms with E-state index in [1.165, 1.54) is 7.05 Å². The maximum atomic E-state index is 11.9. The zero-order valence-electron chi connectivity index (χ0n) is 11.6. The average molecular weight is 279 g/mol. The SMILES string of the molecule is CCN(CC)C(=O)CN(C)S(=O)(=O)CCCCN. The molecule has 0 saturated heterocycles. The molecule has 0 saturated carbocycles. The van der Waals surface area contributed by atoms with E-state index in [0.717, 1.165) is 4.31 Å². The Kier molecular flexibility index (Phi) is 8.13. The first-order valence-corrected chi connectivity index (χ1v) is 7.91. The van der Waals surface area contributed by atoms with Gasteiger partial charge in [-0.05, 0) is 33.2 Å². The van der Waals surface area contributed by atoms with Crippen LogP contribution < -0.4 is 5.73 Å². The number of hydrogen-bond donors (Lipinski definition) is 1. The fraction of sp³-hybridized carbons (Fsp3) is 0.909. The molecule has 0 heterocycles. The Morgan fingerprint density at radius 1 is 1.17 bits per heavy atom. The number of carbonyl (C=O) groups is 1. The summed E-state index contributed by atoms with van der Waals surface area (Å²) in [7, 11) is -1.90. The van der Waals surface area contributed by atoms with Crippen molar-refractivity contribution in [1.82, 2.24) is 9.21 Å². The van der Waals surface area contributed by atoms with E-state index in [-0.39, 0.29) is 18.2 Å². The standard InChI is InChI=1S/C11H25N3O3S/c1-4-14(5-2)11(15)10-13(3)18(16,17)9-7-6-8-12/h4-10,12H2,1-3H3. The van der Waals surface area contributed by atoms with Gasteiger partial charge in [0.15, 0.2) is 0 Å². The van der Waals surface area contributed by atoms with Crippen LogP contribution in [-0.2, 0) is 14.8 Å². The van der Waals surface area contributed by atoms with Gasteiger partial charge >= 0.3 is 0 Å². The van der Waals surface area contributed by atoms with E-state index < -0.39 is 10.0 Å². The van der Waals surface area contributed by atoms with Gasteiger partial charge < -0.3 is 10.6 Å². The second-order valence-corrected chi connectivity index (χ2v) is 6.33. The predicted octanol–water partition coefficient (Wildman–Crippen LogP) is -0.145. The van der Waals surface area contributed by atoms with Crippen molar-refractivity contribution >= 4 is 15.9 Å². The average Bonchev–Trinajstić information content (AvgIpc) is 2.30. The smallest absolute Gasteiger partial charge is 0.237 e. The van der Waals surface area contributed by atoms with Gasteiger partial charge in [0.2, 0.25) is 15.9 Å². The fourth-order valence-corrected chi connectivity index (χ4v) is 2.74. The second kappa shape index (κ2) is 8.44. The number of likely N-dealkylation sites (N-methyl/N-ethyl adjacent to an activating group) is 2. The molecule has 2 N–H and O–H groups in total. The normalized spacial score (nSPS) is 11.8. The first-order valence-electron chi connectivity index (χ1n) is 6.30. The van der Waals surface area contributed by atoms with E-state index >= 15 is 0 Å². The molecule has 0 aromatic rings. The largest absolute Gasteiger partial charge is 0.342 e. The minimum absolute atomic E-state index is 0.0478. The number of nitrogens with two attached hydrogens (primary N) is 1. The van der Waals surface area contributed by atoms with Crippen LogP contribution in [0.15, 0.2) is 0 Å². The Morgan fingerprint density at radius 3 is 2.17 bits per heavy atom. The third-order valence-corrected chi connectivity index (χ3v) is 4.69. The summed E-state index contributed by atoms with van der Waals surface area (Å²) in [5.41, 5.74) is 5.32. The molecule has 0 fully saturated rings. The van der Waals surface area contributed by atoms with Crippen molar-refractivity contribution in [3.63, 3.8) is 0 Å². The van der Waals surface area contributed by atoms with E-state index in [0.29, 0.717) is 32.5 Å². The van der Waals surface area contributed by atoms with Crippen molar-refractivity contribution in [2.24, 2.45) is 5.73 Å². The molecule has 0 aromatic heterocycles. The molecule has 0 aliphatic carbocycles. The van der Waals surface area contributed by atoms with Gasteiger partial charge in [-0.3, -0.25) is 4.79 Å². The summed E-state index contributed by atoms with van der Waals surface area (Å²) < 4.78 is 24.8. The first kappa shape index (κ1) is 17.3. The van der Waals surface area contributed by atoms with Gasteiger partial charge in [0.05, 0.1) is 12.3 Å². The number of unbranched alkanes of at least 4 members (excludes halogenated alkanes) is 1. The summed E-state index contributed by atoms with van der Waals surface area (Å²) in [5, 5.41) is 0. The Labute approximate surface area is 110 Å². The van der Waals surface area contributed by atoms with Gasteiger partial charge in [-0.1, -0.05) is 0 Å². The van der Waals surface area contributed by atoms with Crippen LogP contribution in [0.3, 0.4) is 0 Å². The molecule has 0 aliphatic heterocycles. The minimum atomic E-state index is -3.35. The van der Waals surface area contributed by atoms with Crippen LogP contribution in [0.5, 0.6) is 0 Å². The van der Waals surface area contributed by atoms with Crippen molar-refractivity contribution in [2.45, 2.75) is 26.7 Å². The molecule has 0 unspecified atom stereocenters. The van der Waals surface area contributed by atoms with Gasteiger partial charge in [0.25, 0.3) is 0 Å². The van der Waals surface area contributed by atoms with Crippen molar-refractivity contribution in [3.8, 4) is 0 Å². The highest BCUT2D eigenvalue weighted by atomic mass is 32.2. The number of amides is 1.